The van der Waals surface area contributed by atoms with Crippen LogP contribution in [0.25, 0.3) is 0 Å². The van der Waals surface area contributed by atoms with Gasteiger partial charge in [-0.2, -0.15) is 8.78 Å². The number of amides is 1. The van der Waals surface area contributed by atoms with Crippen molar-refractivity contribution in [2.24, 2.45) is 0 Å². The number of alkyl halides is 2. The molecule has 0 fully saturated rings. The van der Waals surface area contributed by atoms with Gasteiger partial charge in [-0.25, -0.2) is 4.79 Å². The van der Waals surface area contributed by atoms with Crippen molar-refractivity contribution in [1.82, 2.24) is 0 Å². The molecule has 0 radical (unpaired) electrons. The van der Waals surface area contributed by atoms with Crippen LogP contribution in [0.3, 0.4) is 0 Å². The highest BCUT2D eigenvalue weighted by Crippen LogP contribution is 2.32. The minimum atomic E-state index is -2.91. The van der Waals surface area contributed by atoms with Gasteiger partial charge < -0.3 is 14.8 Å². The standard InChI is InChI=1S/C14H9Br2F2NO4S/c15-9-5-10(24-12(9)16)13(21)22-6-11(20)19-7-1-3-8(4-2-7)23-14(17)18/h1-5,14H,6H2,(H,19,20). The lowest BCUT2D eigenvalue weighted by Crippen LogP contribution is -2.20. The molecule has 0 atom stereocenters. The first-order chi connectivity index (χ1) is 11.3. The molecular formula is C14H9Br2F2NO4S. The van der Waals surface area contributed by atoms with Crippen LogP contribution in [0.2, 0.25) is 0 Å². The summed E-state index contributed by atoms with van der Waals surface area (Å²) in [6.45, 7) is -3.39. The fourth-order valence-corrected chi connectivity index (χ4v) is 3.50. The van der Waals surface area contributed by atoms with Crippen LogP contribution in [0, 0.1) is 0 Å². The fourth-order valence-electron chi connectivity index (χ4n) is 1.57. The van der Waals surface area contributed by atoms with Crippen molar-refractivity contribution in [3.8, 4) is 5.75 Å². The Kier molecular flexibility index (Phi) is 6.69. The molecule has 1 aromatic carbocycles. The summed E-state index contributed by atoms with van der Waals surface area (Å²) < 4.78 is 34.6. The maximum Gasteiger partial charge on any atom is 0.387 e. The third-order valence-electron chi connectivity index (χ3n) is 2.54. The summed E-state index contributed by atoms with van der Waals surface area (Å²) in [4.78, 5) is 23.9. The van der Waals surface area contributed by atoms with Crippen LogP contribution < -0.4 is 10.1 Å². The number of benzene rings is 1. The Hall–Kier alpha value is -1.52. The highest BCUT2D eigenvalue weighted by molar-refractivity contribution is 9.13. The van der Waals surface area contributed by atoms with Crippen LogP contribution in [0.15, 0.2) is 38.6 Å². The van der Waals surface area contributed by atoms with Gasteiger partial charge in [-0.15, -0.1) is 11.3 Å². The van der Waals surface area contributed by atoms with Gasteiger partial charge in [-0.1, -0.05) is 0 Å². The molecule has 0 bridgehead atoms. The zero-order chi connectivity index (χ0) is 17.7. The largest absolute Gasteiger partial charge is 0.451 e. The van der Waals surface area contributed by atoms with Gasteiger partial charge in [0.05, 0.1) is 3.79 Å². The topological polar surface area (TPSA) is 64.6 Å². The van der Waals surface area contributed by atoms with E-state index >= 15 is 0 Å². The van der Waals surface area contributed by atoms with Crippen LogP contribution in [0.5, 0.6) is 5.75 Å². The Morgan fingerprint density at radius 3 is 2.42 bits per heavy atom. The number of rotatable bonds is 6. The summed E-state index contributed by atoms with van der Waals surface area (Å²) in [7, 11) is 0. The van der Waals surface area contributed by atoms with E-state index in [1.807, 2.05) is 0 Å². The molecule has 0 saturated carbocycles. The first kappa shape index (κ1) is 18.8. The molecule has 0 aliphatic heterocycles. The van der Waals surface area contributed by atoms with E-state index in [4.69, 9.17) is 4.74 Å². The summed E-state index contributed by atoms with van der Waals surface area (Å²) in [5.74, 6) is -1.20. The molecule has 0 spiro atoms. The molecule has 1 N–H and O–H groups in total. The van der Waals surface area contributed by atoms with Gasteiger partial charge in [-0.05, 0) is 62.2 Å². The molecule has 2 aromatic rings. The normalized spacial score (nSPS) is 10.5. The van der Waals surface area contributed by atoms with E-state index in [1.54, 1.807) is 6.07 Å². The van der Waals surface area contributed by atoms with Crippen molar-refractivity contribution >= 4 is 60.8 Å². The van der Waals surface area contributed by atoms with Crippen molar-refractivity contribution in [2.75, 3.05) is 11.9 Å². The molecule has 1 amide bonds. The van der Waals surface area contributed by atoms with Gasteiger partial charge in [0, 0.05) is 10.2 Å². The first-order valence-corrected chi connectivity index (χ1v) is 8.72. The van der Waals surface area contributed by atoms with Crippen molar-refractivity contribution in [3.63, 3.8) is 0 Å². The van der Waals surface area contributed by atoms with E-state index in [2.05, 4.69) is 41.9 Å². The van der Waals surface area contributed by atoms with E-state index in [0.717, 1.165) is 8.26 Å². The van der Waals surface area contributed by atoms with Gasteiger partial charge in [-0.3, -0.25) is 4.79 Å². The molecule has 128 valence electrons. The monoisotopic (exact) mass is 483 g/mol. The summed E-state index contributed by atoms with van der Waals surface area (Å²) in [5, 5.41) is 2.47. The number of hydrogen-bond acceptors (Lipinski definition) is 5. The highest BCUT2D eigenvalue weighted by atomic mass is 79.9. The van der Waals surface area contributed by atoms with E-state index in [-0.39, 0.29) is 5.75 Å². The Balaban J connectivity index is 1.83. The quantitative estimate of drug-likeness (QED) is 0.605. The van der Waals surface area contributed by atoms with Crippen molar-refractivity contribution in [1.29, 1.82) is 0 Å². The number of hydrogen-bond donors (Lipinski definition) is 1. The van der Waals surface area contributed by atoms with Crippen molar-refractivity contribution < 1.29 is 27.8 Å². The van der Waals surface area contributed by atoms with E-state index in [9.17, 15) is 18.4 Å². The Morgan fingerprint density at radius 1 is 1.21 bits per heavy atom. The molecular weight excluding hydrogens is 476 g/mol. The van der Waals surface area contributed by atoms with Crippen LogP contribution in [0.1, 0.15) is 9.67 Å². The average molecular weight is 485 g/mol. The lowest BCUT2D eigenvalue weighted by atomic mass is 10.3. The van der Waals surface area contributed by atoms with Crippen LogP contribution in [-0.2, 0) is 9.53 Å². The Morgan fingerprint density at radius 2 is 1.88 bits per heavy atom. The number of halogens is 4. The second-order valence-electron chi connectivity index (χ2n) is 4.26. The molecule has 24 heavy (non-hydrogen) atoms. The van der Waals surface area contributed by atoms with Gasteiger partial charge >= 0.3 is 12.6 Å². The summed E-state index contributed by atoms with van der Waals surface area (Å²) in [6, 6.07) is 6.94. The second kappa shape index (κ2) is 8.54. The molecule has 1 heterocycles. The number of esters is 1. The third-order valence-corrected chi connectivity index (χ3v) is 5.78. The van der Waals surface area contributed by atoms with E-state index in [1.165, 1.54) is 35.6 Å². The summed E-state index contributed by atoms with van der Waals surface area (Å²) in [6.07, 6.45) is 0. The number of anilines is 1. The molecule has 2 rings (SSSR count). The van der Waals surface area contributed by atoms with Gasteiger partial charge in [0.15, 0.2) is 6.61 Å². The number of thiophene rings is 1. The average Bonchev–Trinajstić information content (AvgIpc) is 2.86. The molecule has 0 aliphatic rings. The lowest BCUT2D eigenvalue weighted by Gasteiger charge is -2.07. The zero-order valence-electron chi connectivity index (χ0n) is 11.7. The molecule has 5 nitrogen and oxygen atoms in total. The number of ether oxygens (including phenoxy) is 2. The first-order valence-electron chi connectivity index (χ1n) is 6.32. The maximum absolute atomic E-state index is 12.0. The number of carbonyl (C=O) groups excluding carboxylic acids is 2. The van der Waals surface area contributed by atoms with Crippen molar-refractivity contribution in [3.05, 3.63) is 43.5 Å². The molecule has 10 heteroatoms. The summed E-state index contributed by atoms with van der Waals surface area (Å²) >= 11 is 7.68. The minimum absolute atomic E-state index is 0.0247. The highest BCUT2D eigenvalue weighted by Gasteiger charge is 2.15. The fraction of sp³-hybridized carbons (Fsp3) is 0.143. The maximum atomic E-state index is 12.0. The van der Waals surface area contributed by atoms with Crippen LogP contribution >= 0.6 is 43.2 Å². The Bertz CT molecular complexity index is 717. The van der Waals surface area contributed by atoms with Gasteiger partial charge in [0.25, 0.3) is 5.91 Å². The van der Waals surface area contributed by atoms with Gasteiger partial charge in [0.1, 0.15) is 10.6 Å². The second-order valence-corrected chi connectivity index (χ2v) is 7.48. The minimum Gasteiger partial charge on any atom is -0.451 e. The lowest BCUT2D eigenvalue weighted by molar-refractivity contribution is -0.119. The molecule has 1 aromatic heterocycles. The van der Waals surface area contributed by atoms with Crippen molar-refractivity contribution in [2.45, 2.75) is 6.61 Å². The molecule has 0 unspecified atom stereocenters. The van der Waals surface area contributed by atoms with E-state index in [0.29, 0.717) is 10.6 Å². The van der Waals surface area contributed by atoms with Gasteiger partial charge in [0.2, 0.25) is 0 Å². The van der Waals surface area contributed by atoms with Crippen LogP contribution in [0.4, 0.5) is 14.5 Å². The predicted molar refractivity (Wildman–Crippen MR) is 91.7 cm³/mol. The number of nitrogens with one attached hydrogen (secondary N) is 1. The smallest absolute Gasteiger partial charge is 0.387 e. The SMILES string of the molecule is O=C(COC(=O)c1cc(Br)c(Br)s1)Nc1ccc(OC(F)F)cc1. The summed E-state index contributed by atoms with van der Waals surface area (Å²) in [5.41, 5.74) is 0.360. The Labute approximate surface area is 156 Å². The number of carbonyl (C=O) groups is 2. The van der Waals surface area contributed by atoms with Crippen LogP contribution in [-0.4, -0.2) is 25.1 Å². The zero-order valence-corrected chi connectivity index (χ0v) is 15.7. The molecule has 0 aliphatic carbocycles. The predicted octanol–water partition coefficient (Wildman–Crippen LogP) is 4.67. The van der Waals surface area contributed by atoms with E-state index < -0.39 is 25.1 Å². The molecule has 0 saturated heterocycles. The third kappa shape index (κ3) is 5.53.